The average Bonchev–Trinajstić information content (AvgIpc) is 2.46. The minimum absolute atomic E-state index is 0.249. The third-order valence-electron chi connectivity index (χ3n) is 2.72. The van der Waals surface area contributed by atoms with Gasteiger partial charge in [-0.05, 0) is 58.4 Å². The summed E-state index contributed by atoms with van der Waals surface area (Å²) < 4.78 is 7.53. The Kier molecular flexibility index (Phi) is 5.64. The first-order valence-corrected chi connectivity index (χ1v) is 7.80. The predicted octanol–water partition coefficient (Wildman–Crippen LogP) is 4.40. The van der Waals surface area contributed by atoms with E-state index in [0.29, 0.717) is 18.9 Å². The number of anilines is 1. The van der Waals surface area contributed by atoms with Crippen LogP contribution in [0.15, 0.2) is 51.4 Å². The molecular weight excluding hydrogens is 402 g/mol. The van der Waals surface area contributed by atoms with Crippen molar-refractivity contribution in [1.29, 1.82) is 0 Å². The van der Waals surface area contributed by atoms with Gasteiger partial charge in [0.05, 0.1) is 5.56 Å². The Morgan fingerprint density at radius 1 is 1.14 bits per heavy atom. The fraction of sp³-hybridized carbons (Fsp3) is 0.133. The van der Waals surface area contributed by atoms with Crippen LogP contribution in [0.4, 0.5) is 5.69 Å². The lowest BCUT2D eigenvalue weighted by Gasteiger charge is -2.10. The van der Waals surface area contributed by atoms with Crippen molar-refractivity contribution in [3.8, 4) is 5.75 Å². The summed E-state index contributed by atoms with van der Waals surface area (Å²) in [6.07, 6.45) is 0. The van der Waals surface area contributed by atoms with Crippen LogP contribution in [0.3, 0.4) is 0 Å². The van der Waals surface area contributed by atoms with Crippen LogP contribution in [-0.4, -0.2) is 24.2 Å². The summed E-state index contributed by atoms with van der Waals surface area (Å²) in [6, 6.07) is 12.2. The summed E-state index contributed by atoms with van der Waals surface area (Å²) in [5.41, 5.74) is 1.24. The molecule has 6 heteroatoms. The SMILES string of the molecule is O=C(O)c1ccc(OCCNc2ccc(Br)cc2Br)cc1. The molecule has 0 atom stereocenters. The number of hydrogen-bond acceptors (Lipinski definition) is 3. The lowest BCUT2D eigenvalue weighted by Crippen LogP contribution is -2.11. The Hall–Kier alpha value is -1.53. The van der Waals surface area contributed by atoms with Crippen molar-refractivity contribution in [2.75, 3.05) is 18.5 Å². The minimum atomic E-state index is -0.941. The maximum Gasteiger partial charge on any atom is 0.335 e. The molecule has 0 amide bonds. The van der Waals surface area contributed by atoms with Gasteiger partial charge in [0.1, 0.15) is 12.4 Å². The summed E-state index contributed by atoms with van der Waals surface area (Å²) in [5, 5.41) is 12.1. The van der Waals surface area contributed by atoms with E-state index in [4.69, 9.17) is 9.84 Å². The molecule has 0 aliphatic rings. The zero-order valence-corrected chi connectivity index (χ0v) is 14.1. The highest BCUT2D eigenvalue weighted by Crippen LogP contribution is 2.25. The highest BCUT2D eigenvalue weighted by atomic mass is 79.9. The van der Waals surface area contributed by atoms with E-state index in [-0.39, 0.29) is 5.56 Å². The molecule has 2 rings (SSSR count). The molecule has 2 aromatic carbocycles. The third kappa shape index (κ3) is 4.75. The van der Waals surface area contributed by atoms with Crippen molar-refractivity contribution in [2.24, 2.45) is 0 Å². The van der Waals surface area contributed by atoms with Crippen LogP contribution >= 0.6 is 31.9 Å². The Morgan fingerprint density at radius 2 is 1.86 bits per heavy atom. The number of carboxylic acids is 1. The molecule has 0 fully saturated rings. The standard InChI is InChI=1S/C15H13Br2NO3/c16-11-3-6-14(13(17)9-11)18-7-8-21-12-4-1-10(2-5-12)15(19)20/h1-6,9,18H,7-8H2,(H,19,20). The Morgan fingerprint density at radius 3 is 2.48 bits per heavy atom. The van der Waals surface area contributed by atoms with E-state index in [0.717, 1.165) is 14.6 Å². The summed E-state index contributed by atoms with van der Waals surface area (Å²) >= 11 is 6.88. The second-order valence-electron chi connectivity index (χ2n) is 4.23. The fourth-order valence-electron chi connectivity index (χ4n) is 1.68. The number of carbonyl (C=O) groups is 1. The molecule has 0 heterocycles. The van der Waals surface area contributed by atoms with E-state index in [9.17, 15) is 4.79 Å². The van der Waals surface area contributed by atoms with E-state index < -0.39 is 5.97 Å². The van der Waals surface area contributed by atoms with Gasteiger partial charge in [-0.15, -0.1) is 0 Å². The summed E-state index contributed by atoms with van der Waals surface area (Å²) in [7, 11) is 0. The normalized spacial score (nSPS) is 10.2. The fourth-order valence-corrected chi connectivity index (χ4v) is 2.87. The molecule has 0 unspecified atom stereocenters. The van der Waals surface area contributed by atoms with Gasteiger partial charge in [-0.1, -0.05) is 15.9 Å². The average molecular weight is 415 g/mol. The van der Waals surface area contributed by atoms with E-state index in [1.807, 2.05) is 18.2 Å². The zero-order chi connectivity index (χ0) is 15.2. The largest absolute Gasteiger partial charge is 0.492 e. The second kappa shape index (κ2) is 7.47. The van der Waals surface area contributed by atoms with Crippen molar-refractivity contribution in [2.45, 2.75) is 0 Å². The van der Waals surface area contributed by atoms with E-state index >= 15 is 0 Å². The van der Waals surface area contributed by atoms with Gasteiger partial charge >= 0.3 is 5.97 Å². The molecule has 0 spiro atoms. The van der Waals surface area contributed by atoms with Gasteiger partial charge < -0.3 is 15.2 Å². The molecule has 0 radical (unpaired) electrons. The molecular formula is C15H13Br2NO3. The first-order chi connectivity index (χ1) is 10.1. The second-order valence-corrected chi connectivity index (χ2v) is 6.00. The van der Waals surface area contributed by atoms with Gasteiger partial charge in [0, 0.05) is 21.2 Å². The molecule has 4 nitrogen and oxygen atoms in total. The number of aromatic carboxylic acids is 1. The smallest absolute Gasteiger partial charge is 0.335 e. The van der Waals surface area contributed by atoms with Crippen molar-refractivity contribution >= 4 is 43.5 Å². The van der Waals surface area contributed by atoms with Crippen LogP contribution in [0.2, 0.25) is 0 Å². The third-order valence-corrected chi connectivity index (χ3v) is 3.87. The lowest BCUT2D eigenvalue weighted by molar-refractivity contribution is 0.0697. The first kappa shape index (κ1) is 15.9. The molecule has 21 heavy (non-hydrogen) atoms. The predicted molar refractivity (Wildman–Crippen MR) is 89.2 cm³/mol. The van der Waals surface area contributed by atoms with E-state index in [1.165, 1.54) is 12.1 Å². The Labute approximate surface area is 139 Å². The number of halogens is 2. The van der Waals surface area contributed by atoms with Gasteiger partial charge in [-0.3, -0.25) is 0 Å². The number of hydrogen-bond donors (Lipinski definition) is 2. The lowest BCUT2D eigenvalue weighted by atomic mass is 10.2. The van der Waals surface area contributed by atoms with Crippen LogP contribution in [0.25, 0.3) is 0 Å². The monoisotopic (exact) mass is 413 g/mol. The molecule has 2 aromatic rings. The Balaban J connectivity index is 1.80. The van der Waals surface area contributed by atoms with Crippen molar-refractivity contribution < 1.29 is 14.6 Å². The van der Waals surface area contributed by atoms with Gasteiger partial charge in [-0.2, -0.15) is 0 Å². The molecule has 0 bridgehead atoms. The number of rotatable bonds is 6. The molecule has 2 N–H and O–H groups in total. The Bertz CT molecular complexity index is 629. The highest BCUT2D eigenvalue weighted by molar-refractivity contribution is 9.11. The molecule has 0 aromatic heterocycles. The summed E-state index contributed by atoms with van der Waals surface area (Å²) in [5.74, 6) is -0.292. The molecule has 0 aliphatic carbocycles. The zero-order valence-electron chi connectivity index (χ0n) is 11.0. The van der Waals surface area contributed by atoms with Crippen LogP contribution in [-0.2, 0) is 0 Å². The summed E-state index contributed by atoms with van der Waals surface area (Å²) in [4.78, 5) is 10.7. The quantitative estimate of drug-likeness (QED) is 0.687. The van der Waals surface area contributed by atoms with Gasteiger partial charge in [0.2, 0.25) is 0 Å². The highest BCUT2D eigenvalue weighted by Gasteiger charge is 2.02. The van der Waals surface area contributed by atoms with Gasteiger partial charge in [0.25, 0.3) is 0 Å². The number of benzene rings is 2. The van der Waals surface area contributed by atoms with E-state index in [2.05, 4.69) is 37.2 Å². The van der Waals surface area contributed by atoms with Crippen LogP contribution < -0.4 is 10.1 Å². The molecule has 0 saturated heterocycles. The van der Waals surface area contributed by atoms with Crippen LogP contribution in [0, 0.1) is 0 Å². The molecule has 0 saturated carbocycles. The minimum Gasteiger partial charge on any atom is -0.492 e. The number of carboxylic acid groups (broad SMARTS) is 1. The summed E-state index contributed by atoms with van der Waals surface area (Å²) in [6.45, 7) is 1.12. The number of nitrogens with one attached hydrogen (secondary N) is 1. The van der Waals surface area contributed by atoms with Crippen LogP contribution in [0.1, 0.15) is 10.4 Å². The number of ether oxygens (including phenoxy) is 1. The first-order valence-electron chi connectivity index (χ1n) is 6.21. The van der Waals surface area contributed by atoms with E-state index in [1.54, 1.807) is 12.1 Å². The maximum atomic E-state index is 10.7. The topological polar surface area (TPSA) is 58.6 Å². The van der Waals surface area contributed by atoms with Crippen LogP contribution in [0.5, 0.6) is 5.75 Å². The van der Waals surface area contributed by atoms with Crippen molar-refractivity contribution in [3.05, 3.63) is 57.0 Å². The molecule has 0 aliphatic heterocycles. The van der Waals surface area contributed by atoms with Crippen molar-refractivity contribution in [3.63, 3.8) is 0 Å². The van der Waals surface area contributed by atoms with Gasteiger partial charge in [0.15, 0.2) is 0 Å². The van der Waals surface area contributed by atoms with Crippen molar-refractivity contribution in [1.82, 2.24) is 0 Å². The van der Waals surface area contributed by atoms with Gasteiger partial charge in [-0.25, -0.2) is 4.79 Å². The maximum absolute atomic E-state index is 10.7. The molecule has 110 valence electrons.